The second-order valence-corrected chi connectivity index (χ2v) is 8.46. The molecule has 4 rings (SSSR count). The van der Waals surface area contributed by atoms with Gasteiger partial charge >= 0.3 is 6.09 Å². The molecule has 7 heteroatoms. The van der Waals surface area contributed by atoms with Gasteiger partial charge in [0, 0.05) is 36.6 Å². The van der Waals surface area contributed by atoms with Crippen LogP contribution < -0.4 is 5.32 Å². The van der Waals surface area contributed by atoms with Gasteiger partial charge in [-0.2, -0.15) is 5.26 Å². The van der Waals surface area contributed by atoms with Gasteiger partial charge in [-0.25, -0.2) is 4.79 Å². The topological polar surface area (TPSA) is 90.5 Å². The standard InChI is InChI=1S/C22H28N4O3/c1-13(2)29-22(28)24-15-9-17-16-6-4-5-14(11-23)21(16)26(18(17)10-15)12-19-20(27)7-8-25(19)3/h4-6,13,15,19-20,27H,7-10,12H2,1-3H3,(H,24,28)/t15?,19-,20-/m1/s1. The summed E-state index contributed by atoms with van der Waals surface area (Å²) in [6.07, 6.45) is 1.23. The van der Waals surface area contributed by atoms with E-state index in [2.05, 4.69) is 26.9 Å². The molecule has 0 saturated carbocycles. The van der Waals surface area contributed by atoms with Crippen molar-refractivity contribution in [1.29, 1.82) is 5.26 Å². The van der Waals surface area contributed by atoms with Crippen LogP contribution in [0.4, 0.5) is 4.79 Å². The third-order valence-electron chi connectivity index (χ3n) is 6.14. The lowest BCUT2D eigenvalue weighted by Crippen LogP contribution is -2.38. The number of carbonyl (C=O) groups excluding carboxylic acids is 1. The van der Waals surface area contributed by atoms with E-state index >= 15 is 0 Å². The van der Waals surface area contributed by atoms with E-state index in [1.807, 2.05) is 33.0 Å². The van der Waals surface area contributed by atoms with Crippen LogP contribution >= 0.6 is 0 Å². The van der Waals surface area contributed by atoms with E-state index in [1.165, 1.54) is 5.56 Å². The number of rotatable bonds is 4. The third-order valence-corrected chi connectivity index (χ3v) is 6.14. The average Bonchev–Trinajstić information content (AvgIpc) is 3.30. The zero-order valence-electron chi connectivity index (χ0n) is 17.2. The number of ether oxygens (including phenoxy) is 1. The Hall–Kier alpha value is -2.56. The highest BCUT2D eigenvalue weighted by Gasteiger charge is 2.35. The summed E-state index contributed by atoms with van der Waals surface area (Å²) in [6, 6.07) is 8.12. The molecule has 1 amide bonds. The molecule has 1 fully saturated rings. The molecule has 1 aromatic heterocycles. The zero-order valence-corrected chi connectivity index (χ0v) is 17.2. The van der Waals surface area contributed by atoms with Crippen LogP contribution in [0.5, 0.6) is 0 Å². The SMILES string of the molecule is CC(C)OC(=O)NC1Cc2c(n(C[C@@H]3[C@H](O)CCN3C)c3c(C#N)cccc23)C1. The second kappa shape index (κ2) is 7.69. The van der Waals surface area contributed by atoms with Crippen LogP contribution in [0.25, 0.3) is 10.9 Å². The van der Waals surface area contributed by atoms with Crippen molar-refractivity contribution in [3.63, 3.8) is 0 Å². The number of alkyl carbamates (subject to hydrolysis) is 1. The molecule has 2 N–H and O–H groups in total. The Kier molecular flexibility index (Phi) is 5.24. The molecule has 0 radical (unpaired) electrons. The molecule has 2 aromatic rings. The molecule has 1 aliphatic heterocycles. The summed E-state index contributed by atoms with van der Waals surface area (Å²) in [6.45, 7) is 5.16. The Labute approximate surface area is 170 Å². The van der Waals surface area contributed by atoms with E-state index in [4.69, 9.17) is 4.74 Å². The van der Waals surface area contributed by atoms with Crippen LogP contribution in [-0.2, 0) is 24.1 Å². The predicted octanol–water partition coefficient (Wildman–Crippen LogP) is 2.18. The molecule has 1 aromatic carbocycles. The minimum Gasteiger partial charge on any atom is -0.447 e. The number of likely N-dealkylation sites (tertiary alicyclic amines) is 1. The number of nitrogens with one attached hydrogen (secondary N) is 1. The van der Waals surface area contributed by atoms with Crippen molar-refractivity contribution >= 4 is 17.0 Å². The lowest BCUT2D eigenvalue weighted by atomic mass is 10.1. The van der Waals surface area contributed by atoms with Crippen LogP contribution in [0.15, 0.2) is 18.2 Å². The molecule has 0 bridgehead atoms. The maximum atomic E-state index is 12.1. The van der Waals surface area contributed by atoms with Gasteiger partial charge in [-0.1, -0.05) is 12.1 Å². The molecule has 1 aliphatic carbocycles. The van der Waals surface area contributed by atoms with Gasteiger partial charge in [-0.15, -0.1) is 0 Å². The fraction of sp³-hybridized carbons (Fsp3) is 0.545. The Bertz CT molecular complexity index is 965. The van der Waals surface area contributed by atoms with Gasteiger partial charge in [0.25, 0.3) is 0 Å². The number of aliphatic hydroxyl groups is 1. The maximum Gasteiger partial charge on any atom is 0.407 e. The monoisotopic (exact) mass is 396 g/mol. The highest BCUT2D eigenvalue weighted by molar-refractivity contribution is 5.91. The van der Waals surface area contributed by atoms with Crippen molar-refractivity contribution in [1.82, 2.24) is 14.8 Å². The number of nitrogens with zero attached hydrogens (tertiary/aromatic N) is 3. The van der Waals surface area contributed by atoms with Crippen LogP contribution in [0.2, 0.25) is 0 Å². The van der Waals surface area contributed by atoms with Crippen molar-refractivity contribution in [2.45, 2.75) is 63.9 Å². The van der Waals surface area contributed by atoms with Gasteiger partial charge < -0.3 is 19.7 Å². The van der Waals surface area contributed by atoms with Crippen molar-refractivity contribution in [3.05, 3.63) is 35.0 Å². The van der Waals surface area contributed by atoms with Gasteiger partial charge in [0.05, 0.1) is 29.3 Å². The van der Waals surface area contributed by atoms with E-state index in [9.17, 15) is 15.2 Å². The molecule has 3 atom stereocenters. The number of aromatic nitrogens is 1. The number of fused-ring (bicyclic) bond motifs is 3. The molecular formula is C22H28N4O3. The molecular weight excluding hydrogens is 368 g/mol. The Morgan fingerprint density at radius 3 is 2.86 bits per heavy atom. The van der Waals surface area contributed by atoms with Gasteiger partial charge in [-0.05, 0) is 45.4 Å². The maximum absolute atomic E-state index is 12.1. The number of amides is 1. The lowest BCUT2D eigenvalue weighted by molar-refractivity contribution is 0.112. The summed E-state index contributed by atoms with van der Waals surface area (Å²) in [7, 11) is 2.03. The van der Waals surface area contributed by atoms with Crippen LogP contribution in [0, 0.1) is 11.3 Å². The first-order valence-corrected chi connectivity index (χ1v) is 10.3. The Balaban J connectivity index is 1.69. The Morgan fingerprint density at radius 2 is 2.21 bits per heavy atom. The van der Waals surface area contributed by atoms with Crippen molar-refractivity contribution in [2.24, 2.45) is 0 Å². The van der Waals surface area contributed by atoms with E-state index in [0.29, 0.717) is 24.9 Å². The van der Waals surface area contributed by atoms with E-state index in [-0.39, 0.29) is 24.3 Å². The van der Waals surface area contributed by atoms with Crippen molar-refractivity contribution < 1.29 is 14.6 Å². The number of likely N-dealkylation sites (N-methyl/N-ethyl adjacent to an activating group) is 1. The first kappa shape index (κ1) is 19.7. The number of hydrogen-bond acceptors (Lipinski definition) is 5. The number of nitriles is 1. The minimum atomic E-state index is -0.394. The van der Waals surface area contributed by atoms with E-state index in [0.717, 1.165) is 29.6 Å². The molecule has 2 aliphatic rings. The normalized spacial score (nSPS) is 24.1. The fourth-order valence-corrected chi connectivity index (χ4v) is 4.79. The quantitative estimate of drug-likeness (QED) is 0.827. The number of para-hydroxylation sites is 1. The summed E-state index contributed by atoms with van der Waals surface area (Å²) < 4.78 is 7.44. The molecule has 154 valence electrons. The first-order valence-electron chi connectivity index (χ1n) is 10.3. The smallest absolute Gasteiger partial charge is 0.407 e. The van der Waals surface area contributed by atoms with Gasteiger partial charge in [0.2, 0.25) is 0 Å². The average molecular weight is 396 g/mol. The first-order chi connectivity index (χ1) is 13.9. The van der Waals surface area contributed by atoms with E-state index in [1.54, 1.807) is 0 Å². The molecule has 29 heavy (non-hydrogen) atoms. The highest BCUT2D eigenvalue weighted by atomic mass is 16.6. The fourth-order valence-electron chi connectivity index (χ4n) is 4.79. The van der Waals surface area contributed by atoms with Crippen molar-refractivity contribution in [3.8, 4) is 6.07 Å². The Morgan fingerprint density at radius 1 is 1.41 bits per heavy atom. The van der Waals surface area contributed by atoms with Crippen LogP contribution in [0.3, 0.4) is 0 Å². The number of hydrogen-bond donors (Lipinski definition) is 2. The summed E-state index contributed by atoms with van der Waals surface area (Å²) in [5, 5.41) is 24.2. The number of carbonyl (C=O) groups is 1. The van der Waals surface area contributed by atoms with Crippen LogP contribution in [0.1, 0.15) is 37.1 Å². The van der Waals surface area contributed by atoms with Gasteiger partial charge in [-0.3, -0.25) is 4.90 Å². The molecule has 2 heterocycles. The molecule has 1 saturated heterocycles. The van der Waals surface area contributed by atoms with Crippen LogP contribution in [-0.4, -0.2) is 58.6 Å². The summed E-state index contributed by atoms with van der Waals surface area (Å²) >= 11 is 0. The number of aliphatic hydroxyl groups excluding tert-OH is 1. The summed E-state index contributed by atoms with van der Waals surface area (Å²) in [4.78, 5) is 14.3. The van der Waals surface area contributed by atoms with E-state index < -0.39 is 6.09 Å². The zero-order chi connectivity index (χ0) is 20.7. The number of benzene rings is 1. The molecule has 0 spiro atoms. The summed E-state index contributed by atoms with van der Waals surface area (Å²) in [5.41, 5.74) is 3.92. The minimum absolute atomic E-state index is 0.0133. The third kappa shape index (κ3) is 3.59. The largest absolute Gasteiger partial charge is 0.447 e. The lowest BCUT2D eigenvalue weighted by Gasteiger charge is -2.25. The predicted molar refractivity (Wildman–Crippen MR) is 110 cm³/mol. The second-order valence-electron chi connectivity index (χ2n) is 8.46. The highest BCUT2D eigenvalue weighted by Crippen LogP contribution is 2.36. The summed E-state index contributed by atoms with van der Waals surface area (Å²) in [5.74, 6) is 0. The molecule has 7 nitrogen and oxygen atoms in total. The molecule has 1 unspecified atom stereocenters. The van der Waals surface area contributed by atoms with Gasteiger partial charge in [0.1, 0.15) is 6.07 Å². The van der Waals surface area contributed by atoms with Gasteiger partial charge in [0.15, 0.2) is 0 Å². The van der Waals surface area contributed by atoms with Crippen molar-refractivity contribution in [2.75, 3.05) is 13.6 Å².